The van der Waals surface area contributed by atoms with E-state index in [2.05, 4.69) is 15.4 Å². The Morgan fingerprint density at radius 2 is 2.11 bits per heavy atom. The minimum absolute atomic E-state index is 0.202. The molecule has 1 aliphatic heterocycles. The third kappa shape index (κ3) is 2.40. The van der Waals surface area contributed by atoms with Gasteiger partial charge < -0.3 is 14.5 Å². The molecule has 2 heterocycles. The van der Waals surface area contributed by atoms with Crippen molar-refractivity contribution < 1.29 is 9.47 Å². The zero-order valence-corrected chi connectivity index (χ0v) is 10.4. The average molecular weight is 260 g/mol. The number of rotatable bonds is 3. The Morgan fingerprint density at radius 3 is 2.84 bits per heavy atom. The number of aromatic nitrogens is 2. The van der Waals surface area contributed by atoms with Crippen LogP contribution in [0.25, 0.3) is 0 Å². The van der Waals surface area contributed by atoms with Crippen molar-refractivity contribution in [1.82, 2.24) is 15.4 Å². The molecule has 0 saturated carbocycles. The van der Waals surface area contributed by atoms with Gasteiger partial charge in [0.05, 0.1) is 13.2 Å². The monoisotopic (exact) mass is 260 g/mol. The Bertz CT molecular complexity index is 542. The number of H-pyrrole nitrogens is 1. The highest BCUT2D eigenvalue weighted by molar-refractivity contribution is 5.45. The molecule has 1 unspecified atom stereocenters. The second-order valence-electron chi connectivity index (χ2n) is 4.33. The van der Waals surface area contributed by atoms with Crippen molar-refractivity contribution in [1.29, 1.82) is 0 Å². The van der Waals surface area contributed by atoms with E-state index in [-0.39, 0.29) is 6.04 Å². The van der Waals surface area contributed by atoms with Crippen molar-refractivity contribution >= 4 is 0 Å². The van der Waals surface area contributed by atoms with Gasteiger partial charge in [0, 0.05) is 18.8 Å². The second-order valence-corrected chi connectivity index (χ2v) is 4.33. The molecule has 0 bridgehead atoms. The van der Waals surface area contributed by atoms with Gasteiger partial charge in [-0.15, -0.1) is 0 Å². The lowest BCUT2D eigenvalue weighted by Crippen LogP contribution is -2.29. The van der Waals surface area contributed by atoms with Crippen molar-refractivity contribution in [3.8, 4) is 11.5 Å². The number of hydrazine groups is 1. The van der Waals surface area contributed by atoms with E-state index in [0.717, 1.165) is 29.3 Å². The molecule has 0 saturated heterocycles. The Kier molecular flexibility index (Phi) is 3.35. The van der Waals surface area contributed by atoms with Crippen LogP contribution in [0.2, 0.25) is 0 Å². The van der Waals surface area contributed by atoms with Gasteiger partial charge in [-0.1, -0.05) is 6.07 Å². The third-order valence-electron chi connectivity index (χ3n) is 3.06. The molecule has 1 atom stereocenters. The highest BCUT2D eigenvalue weighted by Crippen LogP contribution is 2.33. The molecule has 0 aliphatic carbocycles. The fraction of sp³-hybridized carbons (Fsp3) is 0.308. The number of nitrogens with two attached hydrogens (primary N) is 1. The van der Waals surface area contributed by atoms with Crippen LogP contribution in [0.15, 0.2) is 30.6 Å². The molecule has 6 nitrogen and oxygen atoms in total. The molecule has 1 aromatic carbocycles. The molecule has 100 valence electrons. The lowest BCUT2D eigenvalue weighted by atomic mass is 10.1. The van der Waals surface area contributed by atoms with Gasteiger partial charge in [0.15, 0.2) is 11.5 Å². The SMILES string of the molecule is NNC(c1ccc2c(c1)OCCCO2)c1ncc[nH]1. The lowest BCUT2D eigenvalue weighted by Gasteiger charge is -2.16. The zero-order chi connectivity index (χ0) is 13.1. The topological polar surface area (TPSA) is 85.2 Å². The van der Waals surface area contributed by atoms with Gasteiger partial charge in [-0.25, -0.2) is 10.4 Å². The maximum absolute atomic E-state index is 5.68. The summed E-state index contributed by atoms with van der Waals surface area (Å²) in [5.74, 6) is 7.91. The average Bonchev–Trinajstić information content (AvgIpc) is 2.85. The largest absolute Gasteiger partial charge is 0.490 e. The highest BCUT2D eigenvalue weighted by atomic mass is 16.5. The van der Waals surface area contributed by atoms with Crippen LogP contribution in [0.4, 0.5) is 0 Å². The van der Waals surface area contributed by atoms with Crippen LogP contribution in [-0.2, 0) is 0 Å². The molecule has 2 aromatic rings. The van der Waals surface area contributed by atoms with E-state index >= 15 is 0 Å². The maximum atomic E-state index is 5.68. The molecule has 1 aliphatic rings. The van der Waals surface area contributed by atoms with Crippen LogP contribution in [-0.4, -0.2) is 23.2 Å². The maximum Gasteiger partial charge on any atom is 0.161 e. The molecule has 0 fully saturated rings. The molecule has 1 aromatic heterocycles. The van der Waals surface area contributed by atoms with Crippen LogP contribution in [0.3, 0.4) is 0 Å². The van der Waals surface area contributed by atoms with Gasteiger partial charge in [0.1, 0.15) is 11.9 Å². The zero-order valence-electron chi connectivity index (χ0n) is 10.4. The summed E-state index contributed by atoms with van der Waals surface area (Å²) in [4.78, 5) is 7.28. The van der Waals surface area contributed by atoms with E-state index < -0.39 is 0 Å². The first kappa shape index (κ1) is 12.0. The Balaban J connectivity index is 1.94. The van der Waals surface area contributed by atoms with E-state index in [0.29, 0.717) is 13.2 Å². The second kappa shape index (κ2) is 5.29. The summed E-state index contributed by atoms with van der Waals surface area (Å²) in [6, 6.07) is 5.60. The molecule has 0 radical (unpaired) electrons. The predicted octanol–water partition coefficient (Wildman–Crippen LogP) is 1.12. The summed E-state index contributed by atoms with van der Waals surface area (Å²) >= 11 is 0. The summed E-state index contributed by atoms with van der Waals surface area (Å²) in [6.07, 6.45) is 4.35. The molecule has 0 spiro atoms. The van der Waals surface area contributed by atoms with Crippen LogP contribution in [0.1, 0.15) is 23.9 Å². The van der Waals surface area contributed by atoms with E-state index in [9.17, 15) is 0 Å². The van der Waals surface area contributed by atoms with Gasteiger partial charge in [-0.2, -0.15) is 0 Å². The normalized spacial score (nSPS) is 15.8. The van der Waals surface area contributed by atoms with E-state index in [1.54, 1.807) is 12.4 Å². The molecular formula is C13H16N4O2. The van der Waals surface area contributed by atoms with Crippen molar-refractivity contribution in [2.24, 2.45) is 5.84 Å². The fourth-order valence-electron chi connectivity index (χ4n) is 2.13. The summed E-state index contributed by atoms with van der Waals surface area (Å²) in [6.45, 7) is 1.35. The van der Waals surface area contributed by atoms with Crippen molar-refractivity contribution in [3.05, 3.63) is 42.0 Å². The van der Waals surface area contributed by atoms with E-state index in [1.807, 2.05) is 18.2 Å². The minimum Gasteiger partial charge on any atom is -0.490 e. The number of ether oxygens (including phenoxy) is 2. The number of hydrogen-bond donors (Lipinski definition) is 3. The number of fused-ring (bicyclic) bond motifs is 1. The number of benzene rings is 1. The van der Waals surface area contributed by atoms with Gasteiger partial charge >= 0.3 is 0 Å². The van der Waals surface area contributed by atoms with Gasteiger partial charge in [-0.05, 0) is 17.7 Å². The van der Waals surface area contributed by atoms with Crippen molar-refractivity contribution in [2.75, 3.05) is 13.2 Å². The Labute approximate surface area is 110 Å². The molecule has 4 N–H and O–H groups in total. The lowest BCUT2D eigenvalue weighted by molar-refractivity contribution is 0.297. The summed E-state index contributed by atoms with van der Waals surface area (Å²) in [5.41, 5.74) is 3.73. The molecule has 19 heavy (non-hydrogen) atoms. The quantitative estimate of drug-likeness (QED) is 0.569. The number of nitrogens with zero attached hydrogens (tertiary/aromatic N) is 1. The van der Waals surface area contributed by atoms with Gasteiger partial charge in [-0.3, -0.25) is 5.84 Å². The van der Waals surface area contributed by atoms with Crippen LogP contribution < -0.4 is 20.7 Å². The number of imidazole rings is 1. The number of nitrogens with one attached hydrogen (secondary N) is 2. The summed E-state index contributed by atoms with van der Waals surface area (Å²) in [5, 5.41) is 0. The number of aromatic amines is 1. The molecule has 3 rings (SSSR count). The van der Waals surface area contributed by atoms with Crippen LogP contribution in [0, 0.1) is 0 Å². The van der Waals surface area contributed by atoms with Crippen LogP contribution in [0.5, 0.6) is 11.5 Å². The summed E-state index contributed by atoms with van der Waals surface area (Å²) in [7, 11) is 0. The summed E-state index contributed by atoms with van der Waals surface area (Å²) < 4.78 is 11.3. The standard InChI is InChI=1S/C13H16N4O2/c14-17-12(13-15-4-5-16-13)9-2-3-10-11(8-9)19-7-1-6-18-10/h2-5,8,12,17H,1,6-7,14H2,(H,15,16). The van der Waals surface area contributed by atoms with Gasteiger partial charge in [0.2, 0.25) is 0 Å². The Morgan fingerprint density at radius 1 is 1.26 bits per heavy atom. The molecule has 6 heteroatoms. The Hall–Kier alpha value is -2.05. The third-order valence-corrected chi connectivity index (χ3v) is 3.06. The minimum atomic E-state index is -0.202. The van der Waals surface area contributed by atoms with E-state index in [4.69, 9.17) is 15.3 Å². The highest BCUT2D eigenvalue weighted by Gasteiger charge is 2.18. The van der Waals surface area contributed by atoms with Crippen molar-refractivity contribution in [2.45, 2.75) is 12.5 Å². The van der Waals surface area contributed by atoms with Crippen LogP contribution >= 0.6 is 0 Å². The number of hydrogen-bond acceptors (Lipinski definition) is 5. The molecule has 0 amide bonds. The van der Waals surface area contributed by atoms with Crippen molar-refractivity contribution in [3.63, 3.8) is 0 Å². The first-order chi connectivity index (χ1) is 9.38. The first-order valence-electron chi connectivity index (χ1n) is 6.23. The van der Waals surface area contributed by atoms with Gasteiger partial charge in [0.25, 0.3) is 0 Å². The smallest absolute Gasteiger partial charge is 0.161 e. The molecular weight excluding hydrogens is 244 g/mol. The predicted molar refractivity (Wildman–Crippen MR) is 69.8 cm³/mol. The first-order valence-corrected chi connectivity index (χ1v) is 6.23. The van der Waals surface area contributed by atoms with E-state index in [1.165, 1.54) is 0 Å². The fourth-order valence-corrected chi connectivity index (χ4v) is 2.13.